The number of H-pyrrole nitrogens is 1. The first-order valence-corrected chi connectivity index (χ1v) is 9.54. The molecule has 30 heavy (non-hydrogen) atoms. The van der Waals surface area contributed by atoms with E-state index in [9.17, 15) is 4.39 Å². The highest BCUT2D eigenvalue weighted by Gasteiger charge is 2.14. The molecule has 5 aromatic rings. The summed E-state index contributed by atoms with van der Waals surface area (Å²) in [6, 6.07) is 18.0. The van der Waals surface area contributed by atoms with Crippen molar-refractivity contribution in [1.82, 2.24) is 19.9 Å². The lowest BCUT2D eigenvalue weighted by atomic mass is 10.2. The molecular weight excluding hydrogens is 403 g/mol. The molecule has 5 rings (SSSR count). The van der Waals surface area contributed by atoms with Crippen molar-refractivity contribution in [1.29, 1.82) is 0 Å². The largest absolute Gasteiger partial charge is 0.435 e. The average molecular weight is 417 g/mol. The Balaban J connectivity index is 1.41. The number of imidazole rings is 1. The number of rotatable bonds is 4. The van der Waals surface area contributed by atoms with Gasteiger partial charge in [-0.3, -0.25) is 4.98 Å². The zero-order valence-electron chi connectivity index (χ0n) is 15.5. The SMILES string of the molecule is Fc1cccc(Cl)c1-c1ncc(-c2ccc(-c3ncc(-c4ccccc4)o3)nc2)[nH]1. The highest BCUT2D eigenvalue weighted by atomic mass is 35.5. The van der Waals surface area contributed by atoms with Crippen LogP contribution in [-0.4, -0.2) is 19.9 Å². The van der Waals surface area contributed by atoms with Crippen molar-refractivity contribution >= 4 is 11.6 Å². The van der Waals surface area contributed by atoms with Crippen LogP contribution in [0.1, 0.15) is 0 Å². The third-order valence-corrected chi connectivity index (χ3v) is 4.95. The van der Waals surface area contributed by atoms with Crippen molar-refractivity contribution in [3.63, 3.8) is 0 Å². The summed E-state index contributed by atoms with van der Waals surface area (Å²) in [7, 11) is 0. The summed E-state index contributed by atoms with van der Waals surface area (Å²) in [5, 5.41) is 0.294. The summed E-state index contributed by atoms with van der Waals surface area (Å²) in [5.41, 5.74) is 3.28. The van der Waals surface area contributed by atoms with Crippen LogP contribution in [0.15, 0.2) is 83.7 Å². The van der Waals surface area contributed by atoms with Crippen molar-refractivity contribution in [2.24, 2.45) is 0 Å². The van der Waals surface area contributed by atoms with Gasteiger partial charge in [0.1, 0.15) is 17.3 Å². The number of benzene rings is 2. The fourth-order valence-corrected chi connectivity index (χ4v) is 3.38. The monoisotopic (exact) mass is 416 g/mol. The van der Waals surface area contributed by atoms with Crippen LogP contribution in [0.25, 0.3) is 45.6 Å². The van der Waals surface area contributed by atoms with Gasteiger partial charge >= 0.3 is 0 Å². The quantitative estimate of drug-likeness (QED) is 0.376. The predicted octanol–water partition coefficient (Wildman–Crippen LogP) is 6.25. The van der Waals surface area contributed by atoms with Crippen LogP contribution in [0.2, 0.25) is 5.02 Å². The maximum absolute atomic E-state index is 14.1. The summed E-state index contributed by atoms with van der Waals surface area (Å²) in [6.45, 7) is 0. The second-order valence-corrected chi connectivity index (χ2v) is 6.98. The standard InChI is InChI=1S/C23H14ClFN4O/c24-16-7-4-8-17(25)21(16)22-27-12-19(29-22)15-9-10-18(26-11-15)23-28-13-20(30-23)14-5-2-1-3-6-14/h1-13H,(H,27,29). The number of aromatic amines is 1. The molecule has 7 heteroatoms. The van der Waals surface area contributed by atoms with Gasteiger partial charge < -0.3 is 9.40 Å². The van der Waals surface area contributed by atoms with Crippen LogP contribution >= 0.6 is 11.6 Å². The molecule has 3 aromatic heterocycles. The fraction of sp³-hybridized carbons (Fsp3) is 0. The minimum Gasteiger partial charge on any atom is -0.435 e. The van der Waals surface area contributed by atoms with Gasteiger partial charge in [-0.25, -0.2) is 14.4 Å². The van der Waals surface area contributed by atoms with Gasteiger partial charge in [0, 0.05) is 17.3 Å². The number of pyridine rings is 1. The maximum Gasteiger partial charge on any atom is 0.245 e. The van der Waals surface area contributed by atoms with Crippen molar-refractivity contribution in [3.8, 4) is 45.6 Å². The van der Waals surface area contributed by atoms with E-state index in [0.717, 1.165) is 11.1 Å². The van der Waals surface area contributed by atoms with Gasteiger partial charge in [-0.2, -0.15) is 0 Å². The van der Waals surface area contributed by atoms with Gasteiger partial charge in [0.05, 0.1) is 28.7 Å². The Morgan fingerprint density at radius 2 is 1.67 bits per heavy atom. The minimum atomic E-state index is -0.435. The van der Waals surface area contributed by atoms with E-state index in [2.05, 4.69) is 19.9 Å². The van der Waals surface area contributed by atoms with Crippen molar-refractivity contribution in [2.75, 3.05) is 0 Å². The third-order valence-electron chi connectivity index (χ3n) is 4.63. The van der Waals surface area contributed by atoms with E-state index in [0.29, 0.717) is 33.9 Å². The second-order valence-electron chi connectivity index (χ2n) is 6.57. The molecule has 0 aliphatic heterocycles. The first-order chi connectivity index (χ1) is 14.7. The molecule has 0 fully saturated rings. The lowest BCUT2D eigenvalue weighted by Crippen LogP contribution is -1.88. The number of halogens is 2. The van der Waals surface area contributed by atoms with Crippen molar-refractivity contribution in [2.45, 2.75) is 0 Å². The first kappa shape index (κ1) is 18.3. The van der Waals surface area contributed by atoms with E-state index in [1.807, 2.05) is 42.5 Å². The van der Waals surface area contributed by atoms with Gasteiger partial charge in [0.2, 0.25) is 5.89 Å². The molecule has 0 spiro atoms. The second kappa shape index (κ2) is 7.57. The molecule has 0 atom stereocenters. The lowest BCUT2D eigenvalue weighted by molar-refractivity contribution is 0.586. The topological polar surface area (TPSA) is 67.6 Å². The van der Waals surface area contributed by atoms with Crippen LogP contribution in [0, 0.1) is 5.82 Å². The van der Waals surface area contributed by atoms with Gasteiger partial charge in [-0.1, -0.05) is 48.0 Å². The molecular formula is C23H14ClFN4O. The smallest absolute Gasteiger partial charge is 0.245 e. The van der Waals surface area contributed by atoms with Crippen LogP contribution in [0.3, 0.4) is 0 Å². The fourth-order valence-electron chi connectivity index (χ4n) is 3.13. The summed E-state index contributed by atoms with van der Waals surface area (Å²) >= 11 is 6.12. The van der Waals surface area contributed by atoms with Gasteiger partial charge in [-0.05, 0) is 24.3 Å². The Morgan fingerprint density at radius 1 is 0.800 bits per heavy atom. The number of hydrogen-bond acceptors (Lipinski definition) is 4. The summed E-state index contributed by atoms with van der Waals surface area (Å²) in [4.78, 5) is 16.1. The molecule has 0 bridgehead atoms. The highest BCUT2D eigenvalue weighted by molar-refractivity contribution is 6.33. The van der Waals surface area contributed by atoms with Crippen LogP contribution in [0.5, 0.6) is 0 Å². The number of nitrogens with zero attached hydrogens (tertiary/aromatic N) is 3. The Labute approximate surface area is 176 Å². The van der Waals surface area contributed by atoms with Crippen LogP contribution in [-0.2, 0) is 0 Å². The Hall–Kier alpha value is -3.77. The van der Waals surface area contributed by atoms with E-state index in [1.165, 1.54) is 6.07 Å². The number of oxazole rings is 1. The van der Waals surface area contributed by atoms with E-state index in [1.54, 1.807) is 30.7 Å². The lowest BCUT2D eigenvalue weighted by Gasteiger charge is -2.02. The molecule has 0 saturated carbocycles. The molecule has 3 heterocycles. The zero-order valence-corrected chi connectivity index (χ0v) is 16.3. The molecule has 0 saturated heterocycles. The third kappa shape index (κ3) is 3.38. The number of nitrogens with one attached hydrogen (secondary N) is 1. The van der Waals surface area contributed by atoms with Crippen molar-refractivity contribution < 1.29 is 8.81 Å². The summed E-state index contributed by atoms with van der Waals surface area (Å²) < 4.78 is 20.0. The number of aromatic nitrogens is 4. The normalized spacial score (nSPS) is 11.0. The predicted molar refractivity (Wildman–Crippen MR) is 113 cm³/mol. The number of hydrogen-bond donors (Lipinski definition) is 1. The van der Waals surface area contributed by atoms with Crippen LogP contribution < -0.4 is 0 Å². The Morgan fingerprint density at radius 3 is 2.43 bits per heavy atom. The maximum atomic E-state index is 14.1. The van der Waals surface area contributed by atoms with Gasteiger partial charge in [0.15, 0.2) is 5.76 Å². The first-order valence-electron chi connectivity index (χ1n) is 9.16. The minimum absolute atomic E-state index is 0.239. The highest BCUT2D eigenvalue weighted by Crippen LogP contribution is 2.31. The summed E-state index contributed by atoms with van der Waals surface area (Å²) in [6.07, 6.45) is 4.98. The summed E-state index contributed by atoms with van der Waals surface area (Å²) in [5.74, 6) is 1.03. The van der Waals surface area contributed by atoms with E-state index >= 15 is 0 Å². The molecule has 0 radical (unpaired) electrons. The van der Waals surface area contributed by atoms with Crippen molar-refractivity contribution in [3.05, 3.63) is 90.1 Å². The van der Waals surface area contributed by atoms with E-state index < -0.39 is 5.82 Å². The average Bonchev–Trinajstić information content (AvgIpc) is 3.45. The molecule has 1 N–H and O–H groups in total. The molecule has 0 unspecified atom stereocenters. The van der Waals surface area contributed by atoms with Gasteiger partial charge in [0.25, 0.3) is 0 Å². The Kier molecular flexibility index (Phi) is 4.61. The molecule has 146 valence electrons. The zero-order chi connectivity index (χ0) is 20.5. The van der Waals surface area contributed by atoms with E-state index in [-0.39, 0.29) is 5.56 Å². The Bertz CT molecular complexity index is 1290. The van der Waals surface area contributed by atoms with E-state index in [4.69, 9.17) is 16.0 Å². The molecule has 0 aliphatic carbocycles. The molecule has 2 aromatic carbocycles. The van der Waals surface area contributed by atoms with Crippen LogP contribution in [0.4, 0.5) is 4.39 Å². The molecule has 5 nitrogen and oxygen atoms in total. The van der Waals surface area contributed by atoms with Gasteiger partial charge in [-0.15, -0.1) is 0 Å². The molecule has 0 amide bonds. The molecule has 0 aliphatic rings.